The zero-order chi connectivity index (χ0) is 22.1. The van der Waals surface area contributed by atoms with E-state index in [1.54, 1.807) is 24.3 Å². The van der Waals surface area contributed by atoms with Gasteiger partial charge in [0, 0.05) is 27.9 Å². The quantitative estimate of drug-likeness (QED) is 0.402. The Balaban J connectivity index is 1.84. The van der Waals surface area contributed by atoms with Crippen LogP contribution in [-0.4, -0.2) is 30.8 Å². The van der Waals surface area contributed by atoms with Crippen LogP contribution in [0.5, 0.6) is 0 Å². The van der Waals surface area contributed by atoms with Crippen molar-refractivity contribution < 1.29 is 31.1 Å². The summed E-state index contributed by atoms with van der Waals surface area (Å²) in [6, 6.07) is 10.6. The molecule has 1 saturated heterocycles. The number of ether oxygens (including phenoxy) is 1. The lowest BCUT2D eigenvalue weighted by Crippen LogP contribution is -2.42. The molecule has 0 amide bonds. The third-order valence-corrected chi connectivity index (χ3v) is 5.69. The minimum Gasteiger partial charge on any atom is -0.344 e. The van der Waals surface area contributed by atoms with Crippen LogP contribution in [0.1, 0.15) is 11.1 Å². The van der Waals surface area contributed by atoms with Crippen LogP contribution >= 0.6 is 23.4 Å². The van der Waals surface area contributed by atoms with Gasteiger partial charge >= 0.3 is 12.4 Å². The van der Waals surface area contributed by atoms with Crippen molar-refractivity contribution in [1.82, 2.24) is 0 Å². The van der Waals surface area contributed by atoms with Crippen LogP contribution in [0.25, 0.3) is 0 Å². The van der Waals surface area contributed by atoms with Crippen LogP contribution in [0, 0.1) is 11.3 Å². The lowest BCUT2D eigenvalue weighted by molar-refractivity contribution is -0.212. The largest absolute Gasteiger partial charge is 0.433 e. The molecule has 160 valence electrons. The summed E-state index contributed by atoms with van der Waals surface area (Å²) in [5.41, 5.74) is -2.27. The summed E-state index contributed by atoms with van der Waals surface area (Å²) in [5, 5.41) is 9.39. The van der Waals surface area contributed by atoms with Crippen molar-refractivity contribution in [2.75, 3.05) is 17.2 Å². The van der Waals surface area contributed by atoms with Crippen LogP contribution < -0.4 is 4.90 Å². The Hall–Kier alpha value is -2.09. The van der Waals surface area contributed by atoms with Crippen molar-refractivity contribution in [2.45, 2.75) is 29.6 Å². The molecule has 0 radical (unpaired) electrons. The second-order valence-corrected chi connectivity index (χ2v) is 7.94. The van der Waals surface area contributed by atoms with Gasteiger partial charge in [-0.05, 0) is 42.5 Å². The van der Waals surface area contributed by atoms with E-state index in [9.17, 15) is 26.3 Å². The normalized spacial score (nSPS) is 19.7. The summed E-state index contributed by atoms with van der Waals surface area (Å²) >= 11 is 7.04. The second kappa shape index (κ2) is 8.57. The Kier molecular flexibility index (Phi) is 6.45. The molecular formula is C19H13ClF6N2OS. The van der Waals surface area contributed by atoms with Crippen molar-refractivity contribution >= 4 is 29.1 Å². The van der Waals surface area contributed by atoms with E-state index in [2.05, 4.69) is 0 Å². The molecule has 30 heavy (non-hydrogen) atoms. The van der Waals surface area contributed by atoms with Crippen LogP contribution in [0.3, 0.4) is 0 Å². The number of anilines is 1. The molecule has 1 fully saturated rings. The van der Waals surface area contributed by atoms with Gasteiger partial charge in [0.2, 0.25) is 6.23 Å². The zero-order valence-corrected chi connectivity index (χ0v) is 16.5. The number of hydrogen-bond donors (Lipinski definition) is 0. The van der Waals surface area contributed by atoms with Gasteiger partial charge in [-0.2, -0.15) is 31.6 Å². The monoisotopic (exact) mass is 466 g/mol. The van der Waals surface area contributed by atoms with Gasteiger partial charge in [-0.25, -0.2) is 0 Å². The lowest BCUT2D eigenvalue weighted by Gasteiger charge is -2.27. The molecule has 1 aliphatic rings. The van der Waals surface area contributed by atoms with E-state index in [1.165, 1.54) is 17.8 Å². The highest BCUT2D eigenvalue weighted by Crippen LogP contribution is 2.39. The molecule has 3 nitrogen and oxygen atoms in total. The summed E-state index contributed by atoms with van der Waals surface area (Å²) in [6.07, 6.45) is -12.9. The minimum atomic E-state index is -4.88. The van der Waals surface area contributed by atoms with Gasteiger partial charge in [-0.15, -0.1) is 11.8 Å². The van der Waals surface area contributed by atoms with Crippen LogP contribution in [0.2, 0.25) is 5.02 Å². The molecule has 2 aromatic carbocycles. The van der Waals surface area contributed by atoms with Crippen molar-refractivity contribution in [3.63, 3.8) is 0 Å². The highest BCUT2D eigenvalue weighted by Gasteiger charge is 2.51. The van der Waals surface area contributed by atoms with E-state index in [-0.39, 0.29) is 18.0 Å². The predicted molar refractivity (Wildman–Crippen MR) is 100 cm³/mol. The molecule has 1 aliphatic heterocycles. The first kappa shape index (κ1) is 22.6. The topological polar surface area (TPSA) is 36.3 Å². The fraction of sp³-hybridized carbons (Fsp3) is 0.316. The maximum Gasteiger partial charge on any atom is 0.433 e. The molecule has 1 heterocycles. The van der Waals surface area contributed by atoms with Crippen molar-refractivity contribution in [3.05, 3.63) is 58.6 Å². The first-order valence-corrected chi connectivity index (χ1v) is 9.84. The SMILES string of the molecule is N#Cc1ccc(N2CC(CSc3ccc(Cl)cc3)OC2C(F)(F)F)cc1C(F)(F)F. The standard InChI is InChI=1S/C19H13ClF6N2OS/c20-12-2-5-15(6-3-12)30-10-14-9-28(17(29-14)19(24,25)26)13-4-1-11(8-27)16(7-13)18(21,22)23/h1-7,14,17H,9-10H2. The van der Waals surface area contributed by atoms with E-state index in [4.69, 9.17) is 21.6 Å². The highest BCUT2D eigenvalue weighted by atomic mass is 35.5. The van der Waals surface area contributed by atoms with Gasteiger partial charge in [0.15, 0.2) is 0 Å². The number of thioether (sulfide) groups is 1. The second-order valence-electron chi connectivity index (χ2n) is 6.41. The lowest BCUT2D eigenvalue weighted by atomic mass is 10.1. The molecule has 2 unspecified atom stereocenters. The third-order valence-electron chi connectivity index (χ3n) is 4.29. The van der Waals surface area contributed by atoms with Crippen molar-refractivity contribution in [3.8, 4) is 6.07 Å². The summed E-state index contributed by atoms with van der Waals surface area (Å²) in [6.45, 7) is -0.256. The molecule has 0 spiro atoms. The molecule has 0 aliphatic carbocycles. The van der Waals surface area contributed by atoms with Crippen LogP contribution in [0.15, 0.2) is 47.4 Å². The summed E-state index contributed by atoms with van der Waals surface area (Å²) in [5.74, 6) is 0.160. The Labute approximate surface area is 177 Å². The third kappa shape index (κ3) is 5.14. The van der Waals surface area contributed by atoms with E-state index < -0.39 is 35.8 Å². The fourth-order valence-electron chi connectivity index (χ4n) is 2.96. The number of nitriles is 1. The van der Waals surface area contributed by atoms with Gasteiger partial charge in [-0.3, -0.25) is 0 Å². The average Bonchev–Trinajstić information content (AvgIpc) is 3.11. The summed E-state index contributed by atoms with van der Waals surface area (Å²) < 4.78 is 85.2. The molecule has 3 rings (SSSR count). The van der Waals surface area contributed by atoms with E-state index >= 15 is 0 Å². The fourth-order valence-corrected chi connectivity index (χ4v) is 3.98. The van der Waals surface area contributed by atoms with Crippen LogP contribution in [-0.2, 0) is 10.9 Å². The van der Waals surface area contributed by atoms with E-state index in [0.29, 0.717) is 11.1 Å². The Morgan fingerprint density at radius 3 is 2.33 bits per heavy atom. The number of rotatable bonds is 4. The van der Waals surface area contributed by atoms with Gasteiger partial charge in [0.05, 0.1) is 23.3 Å². The summed E-state index contributed by atoms with van der Waals surface area (Å²) in [7, 11) is 0. The van der Waals surface area contributed by atoms with E-state index in [0.717, 1.165) is 21.9 Å². The first-order chi connectivity index (χ1) is 14.0. The minimum absolute atomic E-state index is 0.160. The zero-order valence-electron chi connectivity index (χ0n) is 15.0. The number of alkyl halides is 6. The number of halogens is 7. The van der Waals surface area contributed by atoms with Crippen LogP contribution in [0.4, 0.5) is 32.0 Å². The summed E-state index contributed by atoms with van der Waals surface area (Å²) in [4.78, 5) is 1.51. The number of benzene rings is 2. The van der Waals surface area contributed by atoms with Gasteiger partial charge in [-0.1, -0.05) is 11.6 Å². The van der Waals surface area contributed by atoms with Gasteiger partial charge < -0.3 is 9.64 Å². The maximum absolute atomic E-state index is 13.5. The molecule has 2 aromatic rings. The highest BCUT2D eigenvalue weighted by molar-refractivity contribution is 7.99. The van der Waals surface area contributed by atoms with Gasteiger partial charge in [0.1, 0.15) is 0 Å². The average molecular weight is 467 g/mol. The molecule has 0 N–H and O–H groups in total. The molecule has 0 saturated carbocycles. The molecular weight excluding hydrogens is 454 g/mol. The molecule has 0 aromatic heterocycles. The molecule has 11 heteroatoms. The van der Waals surface area contributed by atoms with E-state index in [1.807, 2.05) is 0 Å². The predicted octanol–water partition coefficient (Wildman–Crippen LogP) is 6.12. The van der Waals surface area contributed by atoms with Crippen molar-refractivity contribution in [1.29, 1.82) is 5.26 Å². The Morgan fingerprint density at radius 1 is 1.10 bits per heavy atom. The first-order valence-electron chi connectivity index (χ1n) is 8.47. The van der Waals surface area contributed by atoms with Crippen molar-refractivity contribution in [2.24, 2.45) is 0 Å². The Bertz CT molecular complexity index is 942. The molecule has 2 atom stereocenters. The molecule has 0 bridgehead atoms. The smallest absolute Gasteiger partial charge is 0.344 e. The number of hydrogen-bond acceptors (Lipinski definition) is 4. The number of nitrogens with zero attached hydrogens (tertiary/aromatic N) is 2. The maximum atomic E-state index is 13.5. The Morgan fingerprint density at radius 2 is 1.77 bits per heavy atom. The van der Waals surface area contributed by atoms with Gasteiger partial charge in [0.25, 0.3) is 0 Å².